The number of fused-ring (bicyclic) bond motifs is 1. The average molecular weight is 370 g/mol. The molecule has 2 amide bonds. The number of para-hydroxylation sites is 2. The monoisotopic (exact) mass is 370 g/mol. The summed E-state index contributed by atoms with van der Waals surface area (Å²) < 4.78 is 19.0. The van der Waals surface area contributed by atoms with Gasteiger partial charge in [0.25, 0.3) is 5.91 Å². The Kier molecular flexibility index (Phi) is 5.74. The molecule has 142 valence electrons. The number of halogens is 1. The van der Waals surface area contributed by atoms with Gasteiger partial charge in [0.1, 0.15) is 11.6 Å². The molecular formula is C21H23FN2O3. The molecule has 0 unspecified atom stereocenters. The van der Waals surface area contributed by atoms with Crippen molar-refractivity contribution in [3.63, 3.8) is 0 Å². The standard InChI is InChI=1S/C21H23FN2O3/c1-3-23(14-16-7-6-8-17(22)13-16)20(25)11-12-24-18-9-4-5-10-19(18)27-15(2)21(24)26/h4-10,13,15H,3,11-12,14H2,1-2H3/t15-/m0/s1. The number of carbonyl (C=O) groups is 2. The second-order valence-electron chi connectivity index (χ2n) is 6.51. The number of hydrogen-bond acceptors (Lipinski definition) is 3. The Labute approximate surface area is 158 Å². The van der Waals surface area contributed by atoms with E-state index in [0.29, 0.717) is 24.5 Å². The minimum absolute atomic E-state index is 0.0776. The van der Waals surface area contributed by atoms with Crippen LogP contribution in [0.15, 0.2) is 48.5 Å². The van der Waals surface area contributed by atoms with Gasteiger partial charge < -0.3 is 14.5 Å². The number of carbonyl (C=O) groups excluding carboxylic acids is 2. The predicted molar refractivity (Wildman–Crippen MR) is 101 cm³/mol. The van der Waals surface area contributed by atoms with Crippen molar-refractivity contribution < 1.29 is 18.7 Å². The van der Waals surface area contributed by atoms with E-state index in [1.165, 1.54) is 12.1 Å². The van der Waals surface area contributed by atoms with Crippen molar-refractivity contribution in [2.24, 2.45) is 0 Å². The van der Waals surface area contributed by atoms with Crippen LogP contribution in [0.25, 0.3) is 0 Å². The summed E-state index contributed by atoms with van der Waals surface area (Å²) in [7, 11) is 0. The maximum absolute atomic E-state index is 13.4. The number of rotatable bonds is 6. The van der Waals surface area contributed by atoms with E-state index in [0.717, 1.165) is 5.56 Å². The largest absolute Gasteiger partial charge is 0.479 e. The molecule has 27 heavy (non-hydrogen) atoms. The Bertz CT molecular complexity index is 840. The van der Waals surface area contributed by atoms with E-state index < -0.39 is 6.10 Å². The molecule has 0 bridgehead atoms. The number of hydrogen-bond donors (Lipinski definition) is 0. The normalized spacial score (nSPS) is 15.9. The van der Waals surface area contributed by atoms with Gasteiger partial charge >= 0.3 is 0 Å². The first-order chi connectivity index (χ1) is 13.0. The fourth-order valence-electron chi connectivity index (χ4n) is 3.19. The Balaban J connectivity index is 1.67. The highest BCUT2D eigenvalue weighted by Crippen LogP contribution is 2.33. The predicted octanol–water partition coefficient (Wildman–Crippen LogP) is 3.38. The highest BCUT2D eigenvalue weighted by molar-refractivity contribution is 6.00. The maximum atomic E-state index is 13.4. The number of anilines is 1. The second kappa shape index (κ2) is 8.20. The molecule has 5 nitrogen and oxygen atoms in total. The van der Waals surface area contributed by atoms with E-state index >= 15 is 0 Å². The summed E-state index contributed by atoms with van der Waals surface area (Å²) in [6, 6.07) is 13.5. The lowest BCUT2D eigenvalue weighted by Gasteiger charge is -2.33. The van der Waals surface area contributed by atoms with Crippen LogP contribution in [0, 0.1) is 5.82 Å². The van der Waals surface area contributed by atoms with Crippen LogP contribution in [0.5, 0.6) is 5.75 Å². The lowest BCUT2D eigenvalue weighted by Crippen LogP contribution is -2.46. The molecule has 0 aromatic heterocycles. The third kappa shape index (κ3) is 4.27. The Morgan fingerprint density at radius 2 is 2.00 bits per heavy atom. The summed E-state index contributed by atoms with van der Waals surface area (Å²) in [5.41, 5.74) is 1.42. The van der Waals surface area contributed by atoms with Crippen LogP contribution >= 0.6 is 0 Å². The molecule has 1 aliphatic heterocycles. The first-order valence-corrected chi connectivity index (χ1v) is 9.09. The molecule has 3 rings (SSSR count). The van der Waals surface area contributed by atoms with Gasteiger partial charge in [0.15, 0.2) is 6.10 Å². The first-order valence-electron chi connectivity index (χ1n) is 9.09. The summed E-state index contributed by atoms with van der Waals surface area (Å²) in [6.07, 6.45) is -0.389. The quantitative estimate of drug-likeness (QED) is 0.783. The van der Waals surface area contributed by atoms with Crippen LogP contribution < -0.4 is 9.64 Å². The highest BCUT2D eigenvalue weighted by atomic mass is 19.1. The van der Waals surface area contributed by atoms with Crippen molar-refractivity contribution in [1.29, 1.82) is 0 Å². The van der Waals surface area contributed by atoms with E-state index in [1.807, 2.05) is 31.2 Å². The van der Waals surface area contributed by atoms with Crippen molar-refractivity contribution >= 4 is 17.5 Å². The van der Waals surface area contributed by atoms with Crippen molar-refractivity contribution in [2.75, 3.05) is 18.0 Å². The van der Waals surface area contributed by atoms with Crippen LogP contribution in [0.4, 0.5) is 10.1 Å². The SMILES string of the molecule is CCN(Cc1cccc(F)c1)C(=O)CCN1C(=O)[C@H](C)Oc2ccccc21. The Hall–Kier alpha value is -2.89. The molecular weight excluding hydrogens is 347 g/mol. The van der Waals surface area contributed by atoms with Crippen LogP contribution in [0.3, 0.4) is 0 Å². The Morgan fingerprint density at radius 1 is 1.22 bits per heavy atom. The Morgan fingerprint density at radius 3 is 2.74 bits per heavy atom. The van der Waals surface area contributed by atoms with Gasteiger partial charge in [-0.2, -0.15) is 0 Å². The molecule has 1 aliphatic rings. The molecule has 0 saturated carbocycles. The molecule has 0 radical (unpaired) electrons. The van der Waals surface area contributed by atoms with Gasteiger partial charge in [-0.3, -0.25) is 9.59 Å². The van der Waals surface area contributed by atoms with Crippen LogP contribution in [0.2, 0.25) is 0 Å². The number of benzene rings is 2. The summed E-state index contributed by atoms with van der Waals surface area (Å²) in [4.78, 5) is 28.4. The smallest absolute Gasteiger partial charge is 0.267 e. The van der Waals surface area contributed by atoms with E-state index in [4.69, 9.17) is 4.74 Å². The summed E-state index contributed by atoms with van der Waals surface area (Å²) >= 11 is 0. The molecule has 2 aromatic carbocycles. The van der Waals surface area contributed by atoms with E-state index in [1.54, 1.807) is 28.9 Å². The molecule has 0 N–H and O–H groups in total. The van der Waals surface area contributed by atoms with Gasteiger partial charge in [-0.15, -0.1) is 0 Å². The van der Waals surface area contributed by atoms with Gasteiger partial charge in [-0.1, -0.05) is 24.3 Å². The summed E-state index contributed by atoms with van der Waals surface area (Å²) in [6.45, 7) is 4.72. The molecule has 0 aliphatic carbocycles. The van der Waals surface area contributed by atoms with E-state index in [-0.39, 0.29) is 30.6 Å². The molecule has 0 spiro atoms. The topological polar surface area (TPSA) is 49.9 Å². The van der Waals surface area contributed by atoms with Crippen molar-refractivity contribution in [2.45, 2.75) is 32.9 Å². The minimum atomic E-state index is -0.579. The third-order valence-electron chi connectivity index (χ3n) is 4.62. The average Bonchev–Trinajstić information content (AvgIpc) is 2.66. The number of amides is 2. The lowest BCUT2D eigenvalue weighted by atomic mass is 10.1. The molecule has 1 heterocycles. The van der Waals surface area contributed by atoms with Gasteiger partial charge in [0.2, 0.25) is 5.91 Å². The van der Waals surface area contributed by atoms with Crippen molar-refractivity contribution in [1.82, 2.24) is 4.90 Å². The first kappa shape index (κ1) is 18.9. The lowest BCUT2D eigenvalue weighted by molar-refractivity contribution is -0.131. The zero-order valence-corrected chi connectivity index (χ0v) is 15.5. The zero-order chi connectivity index (χ0) is 19.4. The molecule has 0 saturated heterocycles. The fourth-order valence-corrected chi connectivity index (χ4v) is 3.19. The highest BCUT2D eigenvalue weighted by Gasteiger charge is 2.31. The molecule has 0 fully saturated rings. The minimum Gasteiger partial charge on any atom is -0.479 e. The van der Waals surface area contributed by atoms with Crippen molar-refractivity contribution in [3.05, 3.63) is 59.9 Å². The van der Waals surface area contributed by atoms with Crippen LogP contribution in [0.1, 0.15) is 25.8 Å². The van der Waals surface area contributed by atoms with Gasteiger partial charge in [-0.25, -0.2) is 4.39 Å². The van der Waals surface area contributed by atoms with Crippen LogP contribution in [-0.2, 0) is 16.1 Å². The zero-order valence-electron chi connectivity index (χ0n) is 15.5. The number of nitrogens with zero attached hydrogens (tertiary/aromatic N) is 2. The van der Waals surface area contributed by atoms with E-state index in [9.17, 15) is 14.0 Å². The van der Waals surface area contributed by atoms with Gasteiger partial charge in [0.05, 0.1) is 5.69 Å². The van der Waals surface area contributed by atoms with Crippen molar-refractivity contribution in [3.8, 4) is 5.75 Å². The molecule has 6 heteroatoms. The molecule has 2 aromatic rings. The summed E-state index contributed by atoms with van der Waals surface area (Å²) in [5, 5.41) is 0. The summed E-state index contributed by atoms with van der Waals surface area (Å²) in [5.74, 6) is 0.0885. The molecule has 1 atom stereocenters. The number of ether oxygens (including phenoxy) is 1. The maximum Gasteiger partial charge on any atom is 0.267 e. The van der Waals surface area contributed by atoms with E-state index in [2.05, 4.69) is 0 Å². The third-order valence-corrected chi connectivity index (χ3v) is 4.62. The van der Waals surface area contributed by atoms with Crippen LogP contribution in [-0.4, -0.2) is 35.9 Å². The second-order valence-corrected chi connectivity index (χ2v) is 6.51. The van der Waals surface area contributed by atoms with Gasteiger partial charge in [-0.05, 0) is 43.7 Å². The van der Waals surface area contributed by atoms with Gasteiger partial charge in [0, 0.05) is 26.1 Å². The fraction of sp³-hybridized carbons (Fsp3) is 0.333.